The lowest BCUT2D eigenvalue weighted by molar-refractivity contribution is -0.119. The number of amides is 2. The van der Waals surface area contributed by atoms with Crippen LogP contribution in [-0.4, -0.2) is 37.0 Å². The van der Waals surface area contributed by atoms with Crippen LogP contribution in [0.25, 0.3) is 0 Å². The molecule has 1 aliphatic rings. The van der Waals surface area contributed by atoms with E-state index in [1.807, 2.05) is 11.8 Å². The fourth-order valence-electron chi connectivity index (χ4n) is 3.02. The van der Waals surface area contributed by atoms with E-state index in [2.05, 4.69) is 11.4 Å². The third-order valence-corrected chi connectivity index (χ3v) is 5.32. The first-order valence-electron chi connectivity index (χ1n) is 7.97. The molecule has 0 saturated heterocycles. The normalized spacial score (nSPS) is 16.2. The second-order valence-electron chi connectivity index (χ2n) is 5.84. The van der Waals surface area contributed by atoms with E-state index in [0.29, 0.717) is 23.6 Å². The van der Waals surface area contributed by atoms with Crippen LogP contribution in [0.4, 0.5) is 0 Å². The summed E-state index contributed by atoms with van der Waals surface area (Å²) >= 11 is 1.74. The lowest BCUT2D eigenvalue weighted by Crippen LogP contribution is -2.38. The maximum Gasteiger partial charge on any atom is 0.255 e. The number of fused-ring (bicyclic) bond motifs is 1. The Hall–Kier alpha value is -2.54. The molecule has 1 aromatic carbocycles. The molecule has 3 rings (SSSR count). The molecule has 0 bridgehead atoms. The standard InChI is InChI=1S/C18H20N2O4S/c1-11-13-6-8-25-16(13)5-7-20(11)18(22)12-3-4-14(15(9-12)23-2)24-10-17(19)21/h3-4,6,8-9,11H,5,7,10H2,1-2H3,(H2,19,21)/t11-/m0/s1. The Kier molecular flexibility index (Phi) is 4.94. The number of methoxy groups -OCH3 is 1. The SMILES string of the molecule is COc1cc(C(=O)N2CCc3sccc3[C@@H]2C)ccc1OCC(N)=O. The number of rotatable bonds is 5. The van der Waals surface area contributed by atoms with Gasteiger partial charge in [0.25, 0.3) is 11.8 Å². The maximum atomic E-state index is 12.9. The summed E-state index contributed by atoms with van der Waals surface area (Å²) in [6, 6.07) is 7.07. The van der Waals surface area contributed by atoms with Crippen molar-refractivity contribution >= 4 is 23.2 Å². The molecule has 132 valence electrons. The second-order valence-corrected chi connectivity index (χ2v) is 6.84. The zero-order chi connectivity index (χ0) is 18.0. The maximum absolute atomic E-state index is 12.9. The van der Waals surface area contributed by atoms with Gasteiger partial charge >= 0.3 is 0 Å². The number of hydrogen-bond acceptors (Lipinski definition) is 5. The van der Waals surface area contributed by atoms with Gasteiger partial charge in [-0.1, -0.05) is 0 Å². The highest BCUT2D eigenvalue weighted by molar-refractivity contribution is 7.10. The van der Waals surface area contributed by atoms with Gasteiger partial charge < -0.3 is 20.1 Å². The number of carbonyl (C=O) groups is 2. The molecule has 0 saturated carbocycles. The number of ether oxygens (including phenoxy) is 2. The van der Waals surface area contributed by atoms with E-state index in [1.165, 1.54) is 17.6 Å². The van der Waals surface area contributed by atoms with Crippen molar-refractivity contribution in [3.63, 3.8) is 0 Å². The van der Waals surface area contributed by atoms with Crippen molar-refractivity contribution in [3.8, 4) is 11.5 Å². The van der Waals surface area contributed by atoms with E-state index in [1.54, 1.807) is 29.5 Å². The largest absolute Gasteiger partial charge is 0.493 e. The molecule has 2 aromatic rings. The molecule has 6 nitrogen and oxygen atoms in total. The summed E-state index contributed by atoms with van der Waals surface area (Å²) < 4.78 is 10.6. The Morgan fingerprint density at radius 1 is 1.32 bits per heavy atom. The topological polar surface area (TPSA) is 81.9 Å². The molecule has 2 amide bonds. The molecule has 2 N–H and O–H groups in total. The molecule has 25 heavy (non-hydrogen) atoms. The molecule has 7 heteroatoms. The lowest BCUT2D eigenvalue weighted by Gasteiger charge is -2.33. The number of benzene rings is 1. The third kappa shape index (κ3) is 3.46. The van der Waals surface area contributed by atoms with Crippen molar-refractivity contribution in [2.45, 2.75) is 19.4 Å². The minimum atomic E-state index is -0.573. The minimum Gasteiger partial charge on any atom is -0.493 e. The Labute approximate surface area is 150 Å². The molecule has 1 aromatic heterocycles. The Morgan fingerprint density at radius 3 is 2.84 bits per heavy atom. The van der Waals surface area contributed by atoms with Gasteiger partial charge in [0.1, 0.15) is 0 Å². The van der Waals surface area contributed by atoms with Gasteiger partial charge in [-0.05, 0) is 48.6 Å². The van der Waals surface area contributed by atoms with Gasteiger partial charge in [-0.25, -0.2) is 0 Å². The van der Waals surface area contributed by atoms with Gasteiger partial charge in [0, 0.05) is 17.0 Å². The first-order valence-corrected chi connectivity index (χ1v) is 8.85. The van der Waals surface area contributed by atoms with E-state index < -0.39 is 5.91 Å². The van der Waals surface area contributed by atoms with E-state index in [9.17, 15) is 9.59 Å². The van der Waals surface area contributed by atoms with Crippen LogP contribution < -0.4 is 15.2 Å². The zero-order valence-electron chi connectivity index (χ0n) is 14.2. The van der Waals surface area contributed by atoms with Crippen LogP contribution in [0, 0.1) is 0 Å². The van der Waals surface area contributed by atoms with Gasteiger partial charge in [0.2, 0.25) is 0 Å². The second kappa shape index (κ2) is 7.14. The van der Waals surface area contributed by atoms with E-state index >= 15 is 0 Å². The van der Waals surface area contributed by atoms with Crippen molar-refractivity contribution in [1.29, 1.82) is 0 Å². The van der Waals surface area contributed by atoms with E-state index in [0.717, 1.165) is 6.42 Å². The average molecular weight is 360 g/mol. The summed E-state index contributed by atoms with van der Waals surface area (Å²) in [6.45, 7) is 2.49. The van der Waals surface area contributed by atoms with Crippen molar-refractivity contribution in [3.05, 3.63) is 45.6 Å². The predicted octanol–water partition coefficient (Wildman–Crippen LogP) is 2.38. The smallest absolute Gasteiger partial charge is 0.255 e. The van der Waals surface area contributed by atoms with Crippen LogP contribution >= 0.6 is 11.3 Å². The third-order valence-electron chi connectivity index (χ3n) is 4.32. The summed E-state index contributed by atoms with van der Waals surface area (Å²) in [6.07, 6.45) is 0.875. The van der Waals surface area contributed by atoms with Gasteiger partial charge in [0.15, 0.2) is 18.1 Å². The lowest BCUT2D eigenvalue weighted by atomic mass is 10.0. The van der Waals surface area contributed by atoms with Crippen molar-refractivity contribution in [2.75, 3.05) is 20.3 Å². The van der Waals surface area contributed by atoms with Crippen LogP contribution in [0.3, 0.4) is 0 Å². The summed E-state index contributed by atoms with van der Waals surface area (Å²) in [7, 11) is 1.49. The van der Waals surface area contributed by atoms with Crippen LogP contribution in [-0.2, 0) is 11.2 Å². The predicted molar refractivity (Wildman–Crippen MR) is 95.2 cm³/mol. The van der Waals surface area contributed by atoms with Gasteiger partial charge in [0.05, 0.1) is 13.2 Å². The number of thiophene rings is 1. The van der Waals surface area contributed by atoms with Crippen LogP contribution in [0.15, 0.2) is 29.6 Å². The van der Waals surface area contributed by atoms with Gasteiger partial charge in [-0.2, -0.15) is 0 Å². The fraction of sp³-hybridized carbons (Fsp3) is 0.333. The zero-order valence-corrected chi connectivity index (χ0v) is 15.0. The van der Waals surface area contributed by atoms with Gasteiger partial charge in [-0.3, -0.25) is 9.59 Å². The van der Waals surface area contributed by atoms with Crippen LogP contribution in [0.2, 0.25) is 0 Å². The molecule has 0 aliphatic carbocycles. The van der Waals surface area contributed by atoms with E-state index in [-0.39, 0.29) is 18.6 Å². The first-order chi connectivity index (χ1) is 12.0. The average Bonchev–Trinajstić information content (AvgIpc) is 3.09. The number of nitrogens with two attached hydrogens (primary N) is 1. The highest BCUT2D eigenvalue weighted by Gasteiger charge is 2.29. The van der Waals surface area contributed by atoms with Crippen molar-refractivity contribution in [2.24, 2.45) is 5.73 Å². The number of nitrogens with zero attached hydrogens (tertiary/aromatic N) is 1. The molecule has 0 unspecified atom stereocenters. The first kappa shape index (κ1) is 17.3. The summed E-state index contributed by atoms with van der Waals surface area (Å²) in [5.74, 6) is 0.151. The highest BCUT2D eigenvalue weighted by Crippen LogP contribution is 2.35. The summed E-state index contributed by atoms with van der Waals surface area (Å²) in [5.41, 5.74) is 6.83. The molecular formula is C18H20N2O4S. The Morgan fingerprint density at radius 2 is 2.12 bits per heavy atom. The Balaban J connectivity index is 1.82. The minimum absolute atomic E-state index is 0.0410. The highest BCUT2D eigenvalue weighted by atomic mass is 32.1. The molecule has 2 heterocycles. The summed E-state index contributed by atoms with van der Waals surface area (Å²) in [4.78, 5) is 27.0. The van der Waals surface area contributed by atoms with Gasteiger partial charge in [-0.15, -0.1) is 11.3 Å². The van der Waals surface area contributed by atoms with Crippen molar-refractivity contribution in [1.82, 2.24) is 4.90 Å². The molecule has 0 spiro atoms. The van der Waals surface area contributed by atoms with Crippen LogP contribution in [0.5, 0.6) is 11.5 Å². The van der Waals surface area contributed by atoms with Crippen LogP contribution in [0.1, 0.15) is 33.8 Å². The monoisotopic (exact) mass is 360 g/mol. The van der Waals surface area contributed by atoms with E-state index in [4.69, 9.17) is 15.2 Å². The number of carbonyl (C=O) groups excluding carboxylic acids is 2. The summed E-state index contributed by atoms with van der Waals surface area (Å²) in [5, 5.41) is 2.07. The van der Waals surface area contributed by atoms with Crippen molar-refractivity contribution < 1.29 is 19.1 Å². The molecule has 1 atom stereocenters. The molecular weight excluding hydrogens is 340 g/mol. The quantitative estimate of drug-likeness (QED) is 0.887. The fourth-order valence-corrected chi connectivity index (χ4v) is 3.98. The Bertz CT molecular complexity index is 802. The molecule has 0 radical (unpaired) electrons. The molecule has 1 aliphatic heterocycles. The number of hydrogen-bond donors (Lipinski definition) is 1. The number of primary amides is 1. The molecule has 0 fully saturated rings.